The third kappa shape index (κ3) is 3.05. The molecule has 0 amide bonds. The molecule has 124 valence electrons. The van der Waals surface area contributed by atoms with Crippen LogP contribution in [0.3, 0.4) is 0 Å². The number of thiazole rings is 1. The molecular weight excluding hydrogens is 344 g/mol. The largest absolute Gasteiger partial charge is 0.359 e. The maximum atomic E-state index is 12.1. The van der Waals surface area contributed by atoms with Crippen LogP contribution in [0.4, 0.5) is 5.69 Å². The van der Waals surface area contributed by atoms with Crippen LogP contribution in [0.25, 0.3) is 4.96 Å². The number of nitrogens with zero attached hydrogens (tertiary/aromatic N) is 3. The molecular formula is C17H18ClN4OS+. The van der Waals surface area contributed by atoms with E-state index in [0.29, 0.717) is 0 Å². The van der Waals surface area contributed by atoms with Crippen molar-refractivity contribution in [3.05, 3.63) is 63.0 Å². The van der Waals surface area contributed by atoms with Crippen LogP contribution < -0.4 is 15.4 Å². The second-order valence-corrected chi connectivity index (χ2v) is 7.29. The standard InChI is InChI=1S/C17H17ClN4OS/c18-14-3-1-2-4-15(14)21-7-5-20(6-8-21)12-13-11-16(23)22-9-10-24-17(22)19-13/h1-4,9-11H,5-8,12H2/p+1. The van der Waals surface area contributed by atoms with Crippen LogP contribution in [-0.2, 0) is 6.54 Å². The number of piperazine rings is 1. The minimum atomic E-state index is 0.00496. The normalized spacial score (nSPS) is 16.0. The highest BCUT2D eigenvalue weighted by atomic mass is 35.5. The highest BCUT2D eigenvalue weighted by Crippen LogP contribution is 2.24. The van der Waals surface area contributed by atoms with Crippen LogP contribution in [0.1, 0.15) is 5.69 Å². The van der Waals surface area contributed by atoms with Crippen molar-refractivity contribution in [1.29, 1.82) is 0 Å². The lowest BCUT2D eigenvalue weighted by Gasteiger charge is -2.33. The van der Waals surface area contributed by atoms with Gasteiger partial charge in [0.1, 0.15) is 12.2 Å². The molecule has 3 aromatic rings. The van der Waals surface area contributed by atoms with Gasteiger partial charge in [-0.3, -0.25) is 9.20 Å². The Balaban J connectivity index is 1.44. The lowest BCUT2D eigenvalue weighted by Crippen LogP contribution is -3.13. The molecule has 0 saturated carbocycles. The van der Waals surface area contributed by atoms with Gasteiger partial charge in [0.2, 0.25) is 0 Å². The van der Waals surface area contributed by atoms with Gasteiger partial charge in [-0.15, -0.1) is 11.3 Å². The summed E-state index contributed by atoms with van der Waals surface area (Å²) >= 11 is 7.79. The third-order valence-electron chi connectivity index (χ3n) is 4.45. The average Bonchev–Trinajstić information content (AvgIpc) is 3.05. The summed E-state index contributed by atoms with van der Waals surface area (Å²) in [5.74, 6) is 0. The smallest absolute Gasteiger partial charge is 0.258 e. The Labute approximate surface area is 148 Å². The zero-order valence-corrected chi connectivity index (χ0v) is 14.7. The fraction of sp³-hybridized carbons (Fsp3) is 0.294. The number of rotatable bonds is 3. The van der Waals surface area contributed by atoms with Crippen molar-refractivity contribution in [3.8, 4) is 0 Å². The number of hydrogen-bond donors (Lipinski definition) is 1. The molecule has 24 heavy (non-hydrogen) atoms. The fourth-order valence-corrected chi connectivity index (χ4v) is 4.18. The van der Waals surface area contributed by atoms with E-state index in [1.807, 2.05) is 23.6 Å². The van der Waals surface area contributed by atoms with E-state index in [9.17, 15) is 4.79 Å². The first-order valence-corrected chi connectivity index (χ1v) is 9.25. The number of fused-ring (bicyclic) bond motifs is 1. The lowest BCUT2D eigenvalue weighted by molar-refractivity contribution is -0.914. The summed E-state index contributed by atoms with van der Waals surface area (Å²) in [6.07, 6.45) is 1.77. The first-order chi connectivity index (χ1) is 11.7. The highest BCUT2D eigenvalue weighted by molar-refractivity contribution is 7.15. The van der Waals surface area contributed by atoms with Crippen molar-refractivity contribution in [3.63, 3.8) is 0 Å². The topological polar surface area (TPSA) is 42.0 Å². The molecule has 0 unspecified atom stereocenters. The van der Waals surface area contributed by atoms with Gasteiger partial charge in [-0.05, 0) is 12.1 Å². The van der Waals surface area contributed by atoms with Gasteiger partial charge in [-0.2, -0.15) is 0 Å². The molecule has 0 radical (unpaired) electrons. The molecule has 1 aromatic carbocycles. The van der Waals surface area contributed by atoms with Gasteiger partial charge in [0.25, 0.3) is 5.56 Å². The molecule has 2 aromatic heterocycles. The van der Waals surface area contributed by atoms with E-state index >= 15 is 0 Å². The summed E-state index contributed by atoms with van der Waals surface area (Å²) in [5, 5.41) is 2.70. The molecule has 1 aliphatic heterocycles. The van der Waals surface area contributed by atoms with E-state index in [1.165, 1.54) is 16.2 Å². The molecule has 1 aliphatic rings. The highest BCUT2D eigenvalue weighted by Gasteiger charge is 2.22. The minimum absolute atomic E-state index is 0.00496. The molecule has 3 heterocycles. The Hall–Kier alpha value is -1.89. The van der Waals surface area contributed by atoms with E-state index in [-0.39, 0.29) is 5.56 Å². The fourth-order valence-electron chi connectivity index (χ4n) is 3.18. The minimum Gasteiger partial charge on any atom is -0.359 e. The van der Waals surface area contributed by atoms with Gasteiger partial charge < -0.3 is 9.80 Å². The third-order valence-corrected chi connectivity index (χ3v) is 5.53. The summed E-state index contributed by atoms with van der Waals surface area (Å²) in [5.41, 5.74) is 1.99. The van der Waals surface area contributed by atoms with E-state index in [0.717, 1.165) is 54.1 Å². The molecule has 0 atom stereocenters. The predicted molar refractivity (Wildman–Crippen MR) is 97.4 cm³/mol. The van der Waals surface area contributed by atoms with E-state index < -0.39 is 0 Å². The Morgan fingerprint density at radius 2 is 2.04 bits per heavy atom. The lowest BCUT2D eigenvalue weighted by atomic mass is 10.2. The zero-order chi connectivity index (χ0) is 16.5. The SMILES string of the molecule is O=c1cc(C[NH+]2CCN(c3ccccc3Cl)CC2)nc2sccn12. The molecule has 5 nitrogen and oxygen atoms in total. The maximum Gasteiger partial charge on any atom is 0.258 e. The number of hydrogen-bond acceptors (Lipinski definition) is 4. The summed E-state index contributed by atoms with van der Waals surface area (Å²) < 4.78 is 1.60. The Kier molecular flexibility index (Phi) is 4.26. The van der Waals surface area contributed by atoms with Crippen LogP contribution in [0.5, 0.6) is 0 Å². The summed E-state index contributed by atoms with van der Waals surface area (Å²) in [4.78, 5) is 21.2. The van der Waals surface area contributed by atoms with Gasteiger partial charge in [0.05, 0.1) is 36.9 Å². The molecule has 4 rings (SSSR count). The number of benzene rings is 1. The predicted octanol–water partition coefficient (Wildman–Crippen LogP) is 1.31. The molecule has 0 bridgehead atoms. The summed E-state index contributed by atoms with van der Waals surface area (Å²) in [6, 6.07) is 9.64. The number of nitrogens with one attached hydrogen (secondary N) is 1. The summed E-state index contributed by atoms with van der Waals surface area (Å²) in [6.45, 7) is 4.73. The number of anilines is 1. The molecule has 7 heteroatoms. The average molecular weight is 362 g/mol. The molecule has 0 spiro atoms. The zero-order valence-electron chi connectivity index (χ0n) is 13.1. The second kappa shape index (κ2) is 6.55. The van der Waals surface area contributed by atoms with Crippen molar-refractivity contribution in [2.24, 2.45) is 0 Å². The molecule has 1 fully saturated rings. The number of aromatic nitrogens is 2. The van der Waals surface area contributed by atoms with Gasteiger partial charge >= 0.3 is 0 Å². The van der Waals surface area contributed by atoms with Gasteiger partial charge in [0.15, 0.2) is 4.96 Å². The van der Waals surface area contributed by atoms with Crippen LogP contribution in [0.15, 0.2) is 46.7 Å². The Morgan fingerprint density at radius 3 is 2.83 bits per heavy atom. The van der Waals surface area contributed by atoms with Gasteiger partial charge in [-0.1, -0.05) is 23.7 Å². The van der Waals surface area contributed by atoms with E-state index in [1.54, 1.807) is 16.7 Å². The van der Waals surface area contributed by atoms with Crippen molar-refractivity contribution < 1.29 is 4.90 Å². The van der Waals surface area contributed by atoms with Gasteiger partial charge in [-0.25, -0.2) is 4.98 Å². The number of halogens is 1. The number of quaternary nitrogens is 1. The Morgan fingerprint density at radius 1 is 1.25 bits per heavy atom. The van der Waals surface area contributed by atoms with Crippen molar-refractivity contribution >= 4 is 33.6 Å². The van der Waals surface area contributed by atoms with Crippen LogP contribution in [0.2, 0.25) is 5.02 Å². The van der Waals surface area contributed by atoms with Crippen molar-refractivity contribution in [2.75, 3.05) is 31.1 Å². The van der Waals surface area contributed by atoms with Crippen LogP contribution >= 0.6 is 22.9 Å². The van der Waals surface area contributed by atoms with Crippen molar-refractivity contribution in [2.45, 2.75) is 6.54 Å². The summed E-state index contributed by atoms with van der Waals surface area (Å²) in [7, 11) is 0. The quantitative estimate of drug-likeness (QED) is 0.765. The van der Waals surface area contributed by atoms with Crippen LogP contribution in [-0.4, -0.2) is 35.6 Å². The van der Waals surface area contributed by atoms with Crippen molar-refractivity contribution in [1.82, 2.24) is 9.38 Å². The van der Waals surface area contributed by atoms with E-state index in [4.69, 9.17) is 11.6 Å². The molecule has 1 saturated heterocycles. The first kappa shape index (κ1) is 15.6. The van der Waals surface area contributed by atoms with Crippen LogP contribution in [0, 0.1) is 0 Å². The first-order valence-electron chi connectivity index (χ1n) is 7.99. The molecule has 1 N–H and O–H groups in total. The Bertz CT molecular complexity index is 914. The second-order valence-electron chi connectivity index (χ2n) is 6.01. The monoisotopic (exact) mass is 361 g/mol. The van der Waals surface area contributed by atoms with Gasteiger partial charge in [0, 0.05) is 17.6 Å². The molecule has 0 aliphatic carbocycles. The number of para-hydroxylation sites is 1. The van der Waals surface area contributed by atoms with E-state index in [2.05, 4.69) is 16.0 Å². The maximum absolute atomic E-state index is 12.1.